The van der Waals surface area contributed by atoms with Gasteiger partial charge in [-0.15, -0.1) is 4.73 Å². The fourth-order valence-electron chi connectivity index (χ4n) is 5.01. The van der Waals surface area contributed by atoms with Crippen LogP contribution in [0.1, 0.15) is 62.0 Å². The first-order valence-electron chi connectivity index (χ1n) is 11.9. The quantitative estimate of drug-likeness (QED) is 0.407. The number of carbonyl (C=O) groups excluding carboxylic acids is 1. The Kier molecular flexibility index (Phi) is 5.81. The monoisotopic (exact) mass is 466 g/mol. The zero-order chi connectivity index (χ0) is 23.9. The summed E-state index contributed by atoms with van der Waals surface area (Å²) in [5.74, 6) is 0.437. The van der Waals surface area contributed by atoms with Gasteiger partial charge >= 0.3 is 11.8 Å². The molecule has 180 valence electrons. The predicted molar refractivity (Wildman–Crippen MR) is 126 cm³/mol. The Bertz CT molecular complexity index is 1210. The van der Waals surface area contributed by atoms with E-state index < -0.39 is 11.5 Å². The van der Waals surface area contributed by atoms with Gasteiger partial charge in [0.05, 0.1) is 42.6 Å². The highest BCUT2D eigenvalue weighted by Crippen LogP contribution is 2.49. The minimum absolute atomic E-state index is 0.0375. The number of benzene rings is 1. The molecule has 0 radical (unpaired) electrons. The Hall–Kier alpha value is -3.33. The summed E-state index contributed by atoms with van der Waals surface area (Å²) in [6, 6.07) is 8.38. The molecule has 2 aromatic heterocycles. The van der Waals surface area contributed by atoms with Gasteiger partial charge in [0.2, 0.25) is 0 Å². The van der Waals surface area contributed by atoms with Crippen molar-refractivity contribution in [1.29, 1.82) is 0 Å². The number of fused-ring (bicyclic) bond motifs is 1. The van der Waals surface area contributed by atoms with E-state index in [4.69, 9.17) is 14.6 Å². The number of ether oxygens (including phenoxy) is 2. The number of hydrogen-bond donors (Lipinski definition) is 2. The minimum Gasteiger partial charge on any atom is -0.615 e. The molecule has 34 heavy (non-hydrogen) atoms. The Morgan fingerprint density at radius 1 is 1.29 bits per heavy atom. The number of rotatable bonds is 7. The topological polar surface area (TPSA) is 113 Å². The fraction of sp³-hybridized carbons (Fsp3) is 0.480. The molecule has 9 heteroatoms. The Balaban J connectivity index is 1.40. The molecule has 0 atom stereocenters. The average Bonchev–Trinajstić information content (AvgIpc) is 3.61. The Morgan fingerprint density at radius 2 is 2.06 bits per heavy atom. The molecule has 3 aromatic rings. The summed E-state index contributed by atoms with van der Waals surface area (Å²) in [6.07, 6.45) is 7.66. The van der Waals surface area contributed by atoms with Crippen LogP contribution >= 0.6 is 0 Å². The normalized spacial score (nSPS) is 22.5. The van der Waals surface area contributed by atoms with Crippen molar-refractivity contribution in [2.45, 2.75) is 57.1 Å². The van der Waals surface area contributed by atoms with Crippen molar-refractivity contribution in [2.24, 2.45) is 5.92 Å². The highest BCUT2D eigenvalue weighted by Gasteiger charge is 2.45. The summed E-state index contributed by atoms with van der Waals surface area (Å²) in [4.78, 5) is 12.9. The summed E-state index contributed by atoms with van der Waals surface area (Å²) in [5.41, 5.74) is 0.655. The number of carbonyl (C=O) groups is 1. The number of methoxy groups -OCH3 is 1. The number of amides is 1. The molecule has 0 bridgehead atoms. The van der Waals surface area contributed by atoms with E-state index in [1.54, 1.807) is 6.07 Å². The van der Waals surface area contributed by atoms with Crippen LogP contribution in [0.25, 0.3) is 10.9 Å². The molecule has 0 aliphatic heterocycles. The van der Waals surface area contributed by atoms with Gasteiger partial charge in [0.1, 0.15) is 5.75 Å². The van der Waals surface area contributed by atoms with Crippen molar-refractivity contribution in [1.82, 2.24) is 9.78 Å². The molecule has 2 fully saturated rings. The standard InChI is InChI=1S/C25H30N4O5/c1-3-34-22-14-19-16(13-20(22)26-24(30)21-5-4-6-23(33-2)29(21)32)15-28(27-19)18-9-11-25(31,12-10-18)17-7-8-17/h4-6,13-15,17-18,31H,3,7-12H2,1-2H3,(H,26,30). The van der Waals surface area contributed by atoms with Crippen LogP contribution in [0.2, 0.25) is 0 Å². The molecule has 2 aliphatic carbocycles. The molecule has 1 aromatic carbocycles. The van der Waals surface area contributed by atoms with Crippen molar-refractivity contribution in [3.8, 4) is 11.6 Å². The summed E-state index contributed by atoms with van der Waals surface area (Å²) in [7, 11) is 1.38. The summed E-state index contributed by atoms with van der Waals surface area (Å²) in [5, 5.41) is 31.7. The Morgan fingerprint density at radius 3 is 2.74 bits per heavy atom. The maximum Gasteiger partial charge on any atom is 0.379 e. The number of anilines is 1. The third-order valence-electron chi connectivity index (χ3n) is 7.06. The molecule has 1 amide bonds. The number of aliphatic hydroxyl groups is 1. The molecule has 0 unspecified atom stereocenters. The van der Waals surface area contributed by atoms with Crippen LogP contribution in [-0.2, 0) is 0 Å². The third-order valence-corrected chi connectivity index (χ3v) is 7.06. The van der Waals surface area contributed by atoms with Crippen molar-refractivity contribution >= 4 is 22.5 Å². The SMILES string of the molecule is CCOc1cc2nn(C3CCC(O)(C4CC4)CC3)cc2cc1NC(=O)c1cccc(OC)[n+]1[O-]. The van der Waals surface area contributed by atoms with Crippen LogP contribution in [0.4, 0.5) is 5.69 Å². The van der Waals surface area contributed by atoms with Gasteiger partial charge in [-0.05, 0) is 63.5 Å². The van der Waals surface area contributed by atoms with Gasteiger partial charge in [-0.1, -0.05) is 0 Å². The smallest absolute Gasteiger partial charge is 0.379 e. The number of nitrogens with zero attached hydrogens (tertiary/aromatic N) is 3. The van der Waals surface area contributed by atoms with Crippen molar-refractivity contribution < 1.29 is 24.1 Å². The van der Waals surface area contributed by atoms with E-state index in [0.717, 1.165) is 49.4 Å². The summed E-state index contributed by atoms with van der Waals surface area (Å²) >= 11 is 0. The predicted octanol–water partition coefficient (Wildman–Crippen LogP) is 3.59. The number of nitrogens with one attached hydrogen (secondary N) is 1. The first-order chi connectivity index (χ1) is 16.4. The van der Waals surface area contributed by atoms with Gasteiger partial charge in [0.25, 0.3) is 5.69 Å². The van der Waals surface area contributed by atoms with Crippen LogP contribution in [-0.4, -0.2) is 40.1 Å². The molecule has 2 saturated carbocycles. The maximum atomic E-state index is 12.9. The minimum atomic E-state index is -0.562. The first-order valence-corrected chi connectivity index (χ1v) is 11.9. The molecule has 0 saturated heterocycles. The van der Waals surface area contributed by atoms with Gasteiger partial charge < -0.3 is 25.1 Å². The molecular weight excluding hydrogens is 436 g/mol. The van der Waals surface area contributed by atoms with Crippen LogP contribution in [0.15, 0.2) is 36.5 Å². The van der Waals surface area contributed by atoms with Crippen molar-refractivity contribution in [3.05, 3.63) is 47.4 Å². The fourth-order valence-corrected chi connectivity index (χ4v) is 5.01. The van der Waals surface area contributed by atoms with E-state index >= 15 is 0 Å². The lowest BCUT2D eigenvalue weighted by Gasteiger charge is -2.36. The van der Waals surface area contributed by atoms with E-state index in [-0.39, 0.29) is 17.6 Å². The molecule has 9 nitrogen and oxygen atoms in total. The maximum absolute atomic E-state index is 12.9. The van der Waals surface area contributed by atoms with Gasteiger partial charge in [0, 0.05) is 23.7 Å². The zero-order valence-corrected chi connectivity index (χ0v) is 19.5. The second-order valence-electron chi connectivity index (χ2n) is 9.26. The average molecular weight is 467 g/mol. The lowest BCUT2D eigenvalue weighted by atomic mass is 9.79. The van der Waals surface area contributed by atoms with Crippen LogP contribution in [0.3, 0.4) is 0 Å². The summed E-state index contributed by atoms with van der Waals surface area (Å²) in [6.45, 7) is 2.28. The van der Waals surface area contributed by atoms with E-state index in [2.05, 4.69) is 5.32 Å². The highest BCUT2D eigenvalue weighted by atomic mass is 16.5. The van der Waals surface area contributed by atoms with Gasteiger partial charge in [-0.2, -0.15) is 5.10 Å². The molecule has 2 heterocycles. The van der Waals surface area contributed by atoms with Crippen molar-refractivity contribution in [2.75, 3.05) is 19.0 Å². The second kappa shape index (κ2) is 8.79. The van der Waals surface area contributed by atoms with Gasteiger partial charge in [-0.25, -0.2) is 0 Å². The number of aromatic nitrogens is 3. The molecule has 5 rings (SSSR count). The third kappa shape index (κ3) is 4.16. The lowest BCUT2D eigenvalue weighted by Crippen LogP contribution is -2.38. The Labute approximate surface area is 197 Å². The largest absolute Gasteiger partial charge is 0.615 e. The van der Waals surface area contributed by atoms with Crippen LogP contribution in [0, 0.1) is 11.1 Å². The van der Waals surface area contributed by atoms with E-state index in [1.807, 2.05) is 29.9 Å². The number of pyridine rings is 1. The van der Waals surface area contributed by atoms with Crippen LogP contribution < -0.4 is 19.5 Å². The number of hydrogen-bond acceptors (Lipinski definition) is 6. The zero-order valence-electron chi connectivity index (χ0n) is 19.5. The summed E-state index contributed by atoms with van der Waals surface area (Å²) < 4.78 is 13.2. The van der Waals surface area contributed by atoms with E-state index in [9.17, 15) is 15.1 Å². The lowest BCUT2D eigenvalue weighted by molar-refractivity contribution is -0.614. The van der Waals surface area contributed by atoms with Gasteiger partial charge in [0.15, 0.2) is 0 Å². The van der Waals surface area contributed by atoms with E-state index in [0.29, 0.717) is 28.7 Å². The second-order valence-corrected chi connectivity index (χ2v) is 9.26. The molecule has 0 spiro atoms. The first kappa shape index (κ1) is 22.5. The van der Waals surface area contributed by atoms with E-state index in [1.165, 1.54) is 19.2 Å². The molecule has 2 N–H and O–H groups in total. The highest BCUT2D eigenvalue weighted by molar-refractivity contribution is 6.04. The van der Waals surface area contributed by atoms with Gasteiger partial charge in [-0.3, -0.25) is 9.48 Å². The molecular formula is C25H30N4O5. The van der Waals surface area contributed by atoms with Crippen LogP contribution in [0.5, 0.6) is 11.6 Å². The van der Waals surface area contributed by atoms with Crippen molar-refractivity contribution in [3.63, 3.8) is 0 Å². The molecule has 2 aliphatic rings.